The van der Waals surface area contributed by atoms with Gasteiger partial charge >= 0.3 is 0 Å². The van der Waals surface area contributed by atoms with Crippen LogP contribution in [0, 0.1) is 0 Å². The minimum atomic E-state index is 0.322. The summed E-state index contributed by atoms with van der Waals surface area (Å²) in [7, 11) is 0. The molecule has 2 rings (SSSR count). The van der Waals surface area contributed by atoms with Gasteiger partial charge in [-0.05, 0) is 12.1 Å². The van der Waals surface area contributed by atoms with Crippen molar-refractivity contribution in [2.45, 2.75) is 0 Å². The first-order valence-electron chi connectivity index (χ1n) is 3.96. The second kappa shape index (κ2) is 3.69. The summed E-state index contributed by atoms with van der Waals surface area (Å²) >= 11 is 0. The average Bonchev–Trinajstić information content (AvgIpc) is 2.30. The van der Waals surface area contributed by atoms with Crippen LogP contribution >= 0.6 is 0 Å². The van der Waals surface area contributed by atoms with E-state index in [4.69, 9.17) is 0 Å². The lowest BCUT2D eigenvalue weighted by atomic mass is 10.4. The molecule has 2 aromatic rings. The van der Waals surface area contributed by atoms with Crippen LogP contribution < -0.4 is 0 Å². The molecule has 0 N–H and O–H groups in total. The molecule has 0 aliphatic carbocycles. The van der Waals surface area contributed by atoms with Crippen LogP contribution in [0.3, 0.4) is 0 Å². The third-order valence-corrected chi connectivity index (χ3v) is 1.56. The Morgan fingerprint density at radius 3 is 2.43 bits per heavy atom. The fraction of sp³-hybridized carbons (Fsp3) is 0. The second-order valence-electron chi connectivity index (χ2n) is 2.50. The van der Waals surface area contributed by atoms with Crippen LogP contribution in [0.5, 0.6) is 0 Å². The summed E-state index contributed by atoms with van der Waals surface area (Å²) < 4.78 is 0. The molecular formula is C9H6N4O. The first-order chi connectivity index (χ1) is 6.90. The summed E-state index contributed by atoms with van der Waals surface area (Å²) in [5.41, 5.74) is 0.322. The summed E-state index contributed by atoms with van der Waals surface area (Å²) in [6.07, 6.45) is 5.36. The highest BCUT2D eigenvalue weighted by molar-refractivity contribution is 5.72. The Morgan fingerprint density at radius 1 is 1.00 bits per heavy atom. The maximum Gasteiger partial charge on any atom is 0.198 e. The maximum absolute atomic E-state index is 10.5. The molecule has 5 heteroatoms. The van der Waals surface area contributed by atoms with E-state index >= 15 is 0 Å². The molecule has 14 heavy (non-hydrogen) atoms. The van der Waals surface area contributed by atoms with Gasteiger partial charge in [-0.15, -0.1) is 0 Å². The number of aromatic nitrogens is 4. The van der Waals surface area contributed by atoms with Gasteiger partial charge in [-0.25, -0.2) is 19.9 Å². The van der Waals surface area contributed by atoms with Crippen molar-refractivity contribution in [2.24, 2.45) is 0 Å². The van der Waals surface area contributed by atoms with Gasteiger partial charge in [0.1, 0.15) is 5.69 Å². The van der Waals surface area contributed by atoms with Gasteiger partial charge in [0.15, 0.2) is 17.9 Å². The standard InChI is InChI=1S/C9H6N4O/c14-6-7-2-5-12-9(13-7)8-10-3-1-4-11-8/h1-6H. The molecule has 0 spiro atoms. The Labute approximate surface area is 79.9 Å². The van der Waals surface area contributed by atoms with Crippen molar-refractivity contribution < 1.29 is 4.79 Å². The third-order valence-electron chi connectivity index (χ3n) is 1.56. The van der Waals surface area contributed by atoms with Crippen LogP contribution in [0.2, 0.25) is 0 Å². The number of rotatable bonds is 2. The molecule has 0 bridgehead atoms. The summed E-state index contributed by atoms with van der Waals surface area (Å²) in [6.45, 7) is 0. The lowest BCUT2D eigenvalue weighted by Gasteiger charge is -1.96. The fourth-order valence-corrected chi connectivity index (χ4v) is 0.961. The van der Waals surface area contributed by atoms with Crippen LogP contribution in [0.25, 0.3) is 11.6 Å². The normalized spacial score (nSPS) is 9.71. The largest absolute Gasteiger partial charge is 0.296 e. The minimum Gasteiger partial charge on any atom is -0.296 e. The van der Waals surface area contributed by atoms with Gasteiger partial charge in [-0.2, -0.15) is 0 Å². The van der Waals surface area contributed by atoms with Crippen molar-refractivity contribution in [3.8, 4) is 11.6 Å². The molecule has 0 aromatic carbocycles. The quantitative estimate of drug-likeness (QED) is 0.647. The number of carbonyl (C=O) groups is 1. The summed E-state index contributed by atoms with van der Waals surface area (Å²) in [6, 6.07) is 3.23. The summed E-state index contributed by atoms with van der Waals surface area (Å²) in [4.78, 5) is 26.3. The van der Waals surface area contributed by atoms with Crippen molar-refractivity contribution in [1.29, 1.82) is 0 Å². The van der Waals surface area contributed by atoms with Gasteiger partial charge < -0.3 is 0 Å². The first-order valence-corrected chi connectivity index (χ1v) is 3.96. The van der Waals surface area contributed by atoms with E-state index in [1.54, 1.807) is 18.5 Å². The molecule has 0 aliphatic heterocycles. The van der Waals surface area contributed by atoms with Gasteiger partial charge in [0.25, 0.3) is 0 Å². The van der Waals surface area contributed by atoms with Crippen molar-refractivity contribution in [3.05, 3.63) is 36.4 Å². The smallest absolute Gasteiger partial charge is 0.198 e. The highest BCUT2D eigenvalue weighted by Crippen LogP contribution is 2.05. The van der Waals surface area contributed by atoms with E-state index in [2.05, 4.69) is 19.9 Å². The molecule has 5 nitrogen and oxygen atoms in total. The van der Waals surface area contributed by atoms with Crippen LogP contribution in [-0.2, 0) is 0 Å². The predicted molar refractivity (Wildman–Crippen MR) is 48.4 cm³/mol. The first kappa shape index (κ1) is 8.43. The van der Waals surface area contributed by atoms with Crippen LogP contribution in [0.4, 0.5) is 0 Å². The minimum absolute atomic E-state index is 0.322. The van der Waals surface area contributed by atoms with Crippen molar-refractivity contribution in [1.82, 2.24) is 19.9 Å². The average molecular weight is 186 g/mol. The molecule has 0 fully saturated rings. The Balaban J connectivity index is 2.47. The van der Waals surface area contributed by atoms with Gasteiger partial charge in [0.05, 0.1) is 0 Å². The Bertz CT molecular complexity index is 444. The number of aldehydes is 1. The van der Waals surface area contributed by atoms with E-state index in [0.29, 0.717) is 23.6 Å². The highest BCUT2D eigenvalue weighted by Gasteiger charge is 2.03. The molecule has 2 aromatic heterocycles. The predicted octanol–water partition coefficient (Wildman–Crippen LogP) is 0.746. The lowest BCUT2D eigenvalue weighted by molar-refractivity contribution is 0.111. The zero-order valence-corrected chi connectivity index (χ0v) is 7.16. The molecule has 68 valence electrons. The second-order valence-corrected chi connectivity index (χ2v) is 2.50. The topological polar surface area (TPSA) is 68.6 Å². The molecule has 0 aliphatic rings. The molecule has 0 atom stereocenters. The van der Waals surface area contributed by atoms with Crippen molar-refractivity contribution in [2.75, 3.05) is 0 Å². The van der Waals surface area contributed by atoms with Gasteiger partial charge in [0.2, 0.25) is 0 Å². The van der Waals surface area contributed by atoms with E-state index in [9.17, 15) is 4.79 Å². The highest BCUT2D eigenvalue weighted by atomic mass is 16.1. The Kier molecular flexibility index (Phi) is 2.22. The number of carbonyl (C=O) groups excluding carboxylic acids is 1. The monoisotopic (exact) mass is 186 g/mol. The molecule has 0 saturated carbocycles. The van der Waals surface area contributed by atoms with E-state index in [-0.39, 0.29) is 0 Å². The van der Waals surface area contributed by atoms with E-state index in [1.165, 1.54) is 12.3 Å². The van der Waals surface area contributed by atoms with Crippen LogP contribution in [0.1, 0.15) is 10.5 Å². The molecule has 0 radical (unpaired) electrons. The number of hydrogen-bond donors (Lipinski definition) is 0. The maximum atomic E-state index is 10.5. The molecule has 2 heterocycles. The zero-order valence-electron chi connectivity index (χ0n) is 7.16. The third kappa shape index (κ3) is 1.61. The Hall–Kier alpha value is -2.17. The number of hydrogen-bond acceptors (Lipinski definition) is 5. The van der Waals surface area contributed by atoms with Gasteiger partial charge in [-0.1, -0.05) is 0 Å². The SMILES string of the molecule is O=Cc1ccnc(-c2ncccn2)n1. The summed E-state index contributed by atoms with van der Waals surface area (Å²) in [5.74, 6) is 0.770. The van der Waals surface area contributed by atoms with Crippen molar-refractivity contribution in [3.63, 3.8) is 0 Å². The van der Waals surface area contributed by atoms with Crippen molar-refractivity contribution >= 4 is 6.29 Å². The molecule has 0 saturated heterocycles. The van der Waals surface area contributed by atoms with Gasteiger partial charge in [0, 0.05) is 18.6 Å². The van der Waals surface area contributed by atoms with Gasteiger partial charge in [-0.3, -0.25) is 4.79 Å². The molecular weight excluding hydrogens is 180 g/mol. The zero-order chi connectivity index (χ0) is 9.80. The lowest BCUT2D eigenvalue weighted by Crippen LogP contribution is -1.96. The van der Waals surface area contributed by atoms with E-state index in [0.717, 1.165) is 0 Å². The van der Waals surface area contributed by atoms with Crippen LogP contribution in [0.15, 0.2) is 30.7 Å². The van der Waals surface area contributed by atoms with Crippen LogP contribution in [-0.4, -0.2) is 26.2 Å². The fourth-order valence-electron chi connectivity index (χ4n) is 0.961. The molecule has 0 unspecified atom stereocenters. The van der Waals surface area contributed by atoms with E-state index < -0.39 is 0 Å². The Morgan fingerprint density at radius 2 is 1.71 bits per heavy atom. The number of nitrogens with zero attached hydrogens (tertiary/aromatic N) is 4. The van der Waals surface area contributed by atoms with E-state index in [1.807, 2.05) is 0 Å². The summed E-state index contributed by atoms with van der Waals surface area (Å²) in [5, 5.41) is 0. The molecule has 0 amide bonds.